The van der Waals surface area contributed by atoms with Crippen molar-refractivity contribution in [1.82, 2.24) is 21.3 Å². The van der Waals surface area contributed by atoms with Crippen LogP contribution in [-0.4, -0.2) is 147 Å². The normalized spacial score (nSPS) is 13.8. The summed E-state index contributed by atoms with van der Waals surface area (Å²) >= 11 is 0. The number of amides is 4. The molecule has 0 heterocycles. The Morgan fingerprint density at radius 2 is 0.586 bits per heavy atom. The molecule has 0 radical (unpaired) electrons. The minimum Gasteiger partial charge on any atom is -0.462 e. The lowest BCUT2D eigenvalue weighted by atomic mass is 10.0. The second kappa shape index (κ2) is 81.8. The molecule has 0 rings (SSSR count). The van der Waals surface area contributed by atoms with E-state index in [0.29, 0.717) is 89.9 Å². The molecule has 0 saturated carbocycles. The number of carbonyl (C=O) groups excluding carboxylic acids is 8. The predicted octanol–water partition coefficient (Wildman–Crippen LogP) is 21.3. The quantitative estimate of drug-likeness (QED) is 0.0108. The number of hydrogen-bond acceptors (Lipinski definition) is 18. The SMILES string of the molecule is CCCCCC/C=C\CCCC(=O)OC(CCCCCCC)CCOCC(COP(=O)(O)OCCNC(=O)CCCCCCC(=O)NCCOP(=O)(O)OCC(COCCC(CCCCCCC)OC(=O)CCC/C=C\CCCCCC)NC(=O)CC(=O)CCCCCCCCCCC)NC(=O)CC(=O)CCCCCCCCCCC. The van der Waals surface area contributed by atoms with Crippen LogP contribution in [0.15, 0.2) is 24.3 Å². The van der Waals surface area contributed by atoms with E-state index in [1.165, 1.54) is 116 Å². The van der Waals surface area contributed by atoms with Crippen LogP contribution >= 0.6 is 15.6 Å². The second-order valence-corrected chi connectivity index (χ2v) is 34.6. The third-order valence-corrected chi connectivity index (χ3v) is 22.3. The van der Waals surface area contributed by atoms with Crippen LogP contribution in [0, 0.1) is 0 Å². The first-order chi connectivity index (χ1) is 56.2. The van der Waals surface area contributed by atoms with Gasteiger partial charge in [-0.2, -0.15) is 0 Å². The first kappa shape index (κ1) is 112. The number of unbranched alkanes of at least 4 members (excludes halogenated alkanes) is 37. The first-order valence-electron chi connectivity index (χ1n) is 46.4. The molecule has 0 bridgehead atoms. The summed E-state index contributed by atoms with van der Waals surface area (Å²) in [4.78, 5) is 125. The van der Waals surface area contributed by atoms with E-state index in [0.717, 1.165) is 128 Å². The molecule has 6 atom stereocenters. The maximum absolute atomic E-state index is 13.2. The average Bonchev–Trinajstić information content (AvgIpc) is 0.904. The Morgan fingerprint density at radius 3 is 0.914 bits per heavy atom. The van der Waals surface area contributed by atoms with Crippen LogP contribution in [-0.2, 0) is 84.5 Å². The molecule has 0 aromatic rings. The lowest BCUT2D eigenvalue weighted by Crippen LogP contribution is -2.42. The summed E-state index contributed by atoms with van der Waals surface area (Å²) in [7, 11) is -9.42. The molecule has 24 nitrogen and oxygen atoms in total. The number of phosphoric acid groups is 2. The minimum absolute atomic E-state index is 0.101. The molecule has 0 aliphatic heterocycles. The van der Waals surface area contributed by atoms with E-state index >= 15 is 0 Å². The van der Waals surface area contributed by atoms with Gasteiger partial charge in [0.15, 0.2) is 0 Å². The molecule has 0 fully saturated rings. The zero-order valence-electron chi connectivity index (χ0n) is 73.8. The van der Waals surface area contributed by atoms with Gasteiger partial charge in [0.2, 0.25) is 23.6 Å². The third kappa shape index (κ3) is 78.3. The topological polar surface area (TPSA) is 333 Å². The van der Waals surface area contributed by atoms with Crippen molar-refractivity contribution in [3.63, 3.8) is 0 Å². The Labute approximate surface area is 703 Å². The van der Waals surface area contributed by atoms with E-state index in [1.807, 2.05) is 0 Å². The maximum Gasteiger partial charge on any atom is 0.472 e. The summed E-state index contributed by atoms with van der Waals surface area (Å²) in [5.74, 6) is -2.70. The smallest absolute Gasteiger partial charge is 0.462 e. The standard InChI is InChI=1S/C90H168N4O20P2/c1-7-13-19-25-29-33-37-43-49-57-81(95)73-87(99)93-79(75-107-69-65-83(59-51-41-23-17-11-5)113-89(101)63-55-45-39-35-31-27-21-15-9-3)77-111-115(103,104)109-71-67-91-85(97)61-53-47-48-54-62-86(98)92-68-72-110-116(105,106)112-78-80(94-88(100)74-82(96)58-50-44-38-34-30-26-20-14-8-2)76-108-70-66-84(60-52-42-24-18-12-6)114-90(102)64-56-46-40-36-32-28-22-16-10-4/h35-36,39-40,79-80,83-84H,7-34,37-38,41-78H2,1-6H3,(H,91,97)(H,92,98)(H,93,99)(H,94,100)(H,103,104)(H,105,106)/b39-35-,40-36-. The molecule has 0 spiro atoms. The lowest BCUT2D eigenvalue weighted by Gasteiger charge is -2.22. The molecular formula is C90H168N4O20P2. The van der Waals surface area contributed by atoms with Crippen LogP contribution in [0.1, 0.15) is 414 Å². The van der Waals surface area contributed by atoms with Crippen molar-refractivity contribution in [3.8, 4) is 0 Å². The van der Waals surface area contributed by atoms with Gasteiger partial charge in [-0.1, -0.05) is 271 Å². The van der Waals surface area contributed by atoms with Crippen molar-refractivity contribution in [3.05, 3.63) is 24.3 Å². The molecule has 6 N–H and O–H groups in total. The molecular weight excluding hydrogens is 1520 g/mol. The molecule has 0 saturated heterocycles. The van der Waals surface area contributed by atoms with Crippen molar-refractivity contribution in [2.45, 2.75) is 438 Å². The van der Waals surface area contributed by atoms with E-state index in [1.54, 1.807) is 0 Å². The van der Waals surface area contributed by atoms with Gasteiger partial charge in [-0.3, -0.25) is 56.5 Å². The number of Topliss-reactive ketones (excluding diaryl/α,β-unsaturated/α-hetero) is 2. The highest BCUT2D eigenvalue weighted by Crippen LogP contribution is 2.44. The van der Waals surface area contributed by atoms with Gasteiger partial charge in [0.1, 0.15) is 23.8 Å². The fraction of sp³-hybridized carbons (Fsp3) is 0.867. The van der Waals surface area contributed by atoms with Crippen LogP contribution in [0.25, 0.3) is 0 Å². The molecule has 0 aromatic carbocycles. The zero-order valence-corrected chi connectivity index (χ0v) is 75.6. The summed E-state index contributed by atoms with van der Waals surface area (Å²) in [5, 5.41) is 10.8. The number of nitrogens with one attached hydrogen (secondary N) is 4. The minimum atomic E-state index is -4.71. The van der Waals surface area contributed by atoms with Crippen LogP contribution in [0.3, 0.4) is 0 Å². The molecule has 0 aliphatic carbocycles. The van der Waals surface area contributed by atoms with Gasteiger partial charge in [0.25, 0.3) is 0 Å². The van der Waals surface area contributed by atoms with E-state index in [2.05, 4.69) is 87.1 Å². The van der Waals surface area contributed by atoms with Crippen LogP contribution in [0.4, 0.5) is 0 Å². The van der Waals surface area contributed by atoms with Gasteiger partial charge in [0, 0.05) is 64.5 Å². The zero-order chi connectivity index (χ0) is 85.3. The Morgan fingerprint density at radius 1 is 0.302 bits per heavy atom. The van der Waals surface area contributed by atoms with Gasteiger partial charge < -0.3 is 50.0 Å². The number of ketones is 2. The fourth-order valence-electron chi connectivity index (χ4n) is 13.3. The highest BCUT2D eigenvalue weighted by Gasteiger charge is 2.28. The number of esters is 2. The van der Waals surface area contributed by atoms with Gasteiger partial charge in [-0.15, -0.1) is 0 Å². The molecule has 26 heteroatoms. The van der Waals surface area contributed by atoms with Crippen molar-refractivity contribution >= 4 is 62.8 Å². The van der Waals surface area contributed by atoms with Gasteiger partial charge in [-0.05, 0) is 103 Å². The predicted molar refractivity (Wildman–Crippen MR) is 465 cm³/mol. The van der Waals surface area contributed by atoms with Gasteiger partial charge in [-0.25, -0.2) is 9.13 Å². The number of ether oxygens (including phenoxy) is 4. The van der Waals surface area contributed by atoms with E-state index in [-0.39, 0.29) is 139 Å². The monoisotopic (exact) mass is 1690 g/mol. The Hall–Kier alpha value is -4.22. The van der Waals surface area contributed by atoms with Crippen molar-refractivity contribution in [1.29, 1.82) is 0 Å². The highest BCUT2D eigenvalue weighted by atomic mass is 31.2. The first-order valence-corrected chi connectivity index (χ1v) is 49.4. The number of rotatable bonds is 89. The molecule has 0 aliphatic rings. The number of carbonyl (C=O) groups is 8. The summed E-state index contributed by atoms with van der Waals surface area (Å²) in [6.45, 7) is 11.3. The van der Waals surface area contributed by atoms with Crippen molar-refractivity contribution in [2.24, 2.45) is 0 Å². The van der Waals surface area contributed by atoms with Gasteiger partial charge >= 0.3 is 27.6 Å². The van der Waals surface area contributed by atoms with E-state index in [4.69, 9.17) is 37.0 Å². The highest BCUT2D eigenvalue weighted by molar-refractivity contribution is 7.47. The average molecular weight is 1690 g/mol. The molecule has 116 heavy (non-hydrogen) atoms. The summed E-state index contributed by atoms with van der Waals surface area (Å²) in [6.07, 6.45) is 58.0. The summed E-state index contributed by atoms with van der Waals surface area (Å²) < 4.78 is 71.2. The Bertz CT molecular complexity index is 2410. The van der Waals surface area contributed by atoms with Crippen molar-refractivity contribution < 1.29 is 94.3 Å². The number of hydrogen-bond donors (Lipinski definition) is 6. The maximum atomic E-state index is 13.2. The summed E-state index contributed by atoms with van der Waals surface area (Å²) in [6, 6.07) is -1.88. The van der Waals surface area contributed by atoms with E-state index in [9.17, 15) is 57.3 Å². The number of phosphoric ester groups is 2. The summed E-state index contributed by atoms with van der Waals surface area (Å²) in [5.41, 5.74) is 0. The largest absolute Gasteiger partial charge is 0.472 e. The van der Waals surface area contributed by atoms with Crippen LogP contribution < -0.4 is 21.3 Å². The van der Waals surface area contributed by atoms with Crippen molar-refractivity contribution in [2.75, 3.05) is 65.9 Å². The molecule has 678 valence electrons. The van der Waals surface area contributed by atoms with Crippen LogP contribution in [0.2, 0.25) is 0 Å². The molecule has 0 aromatic heterocycles. The lowest BCUT2D eigenvalue weighted by molar-refractivity contribution is -0.151. The second-order valence-electron chi connectivity index (χ2n) is 31.7. The molecule has 4 amide bonds. The van der Waals surface area contributed by atoms with E-state index < -0.39 is 52.8 Å². The Balaban J connectivity index is 5.36. The fourth-order valence-corrected chi connectivity index (χ4v) is 14.8. The Kier molecular flexibility index (Phi) is 78.8. The third-order valence-electron chi connectivity index (χ3n) is 20.3. The van der Waals surface area contributed by atoms with Crippen LogP contribution in [0.5, 0.6) is 0 Å². The molecule has 6 unspecified atom stereocenters. The van der Waals surface area contributed by atoms with Gasteiger partial charge in [0.05, 0.1) is 77.8 Å². The number of allylic oxidation sites excluding steroid dienone is 4.